The second-order valence-electron chi connectivity index (χ2n) is 4.60. The highest BCUT2D eigenvalue weighted by molar-refractivity contribution is 4.93. The molecule has 0 amide bonds. The average molecular weight is 196 g/mol. The maximum Gasteiger partial charge on any atom is 0.0327 e. The second-order valence-corrected chi connectivity index (χ2v) is 4.60. The Morgan fingerprint density at radius 2 is 1.93 bits per heavy atom. The van der Waals surface area contributed by atoms with E-state index >= 15 is 0 Å². The topological polar surface area (TPSA) is 15.3 Å². The lowest BCUT2D eigenvalue weighted by Gasteiger charge is -2.43. The van der Waals surface area contributed by atoms with E-state index in [4.69, 9.17) is 0 Å². The standard InChI is InChI=1S/C12H24N2/c1-4-10-13-11-12(14(2)3)8-6-5-7-9-12/h4,13H,1,5-11H2,2-3H3. The van der Waals surface area contributed by atoms with Crippen molar-refractivity contribution < 1.29 is 0 Å². The molecule has 1 saturated carbocycles. The maximum absolute atomic E-state index is 3.73. The Labute approximate surface area is 88.4 Å². The van der Waals surface area contributed by atoms with Gasteiger partial charge in [-0.3, -0.25) is 0 Å². The van der Waals surface area contributed by atoms with Gasteiger partial charge in [0.25, 0.3) is 0 Å². The molecule has 0 saturated heterocycles. The largest absolute Gasteiger partial charge is 0.311 e. The van der Waals surface area contributed by atoms with E-state index in [1.807, 2.05) is 6.08 Å². The van der Waals surface area contributed by atoms with Crippen molar-refractivity contribution in [3.63, 3.8) is 0 Å². The number of rotatable bonds is 5. The SMILES string of the molecule is C=CCNCC1(N(C)C)CCCCC1. The Morgan fingerprint density at radius 1 is 1.29 bits per heavy atom. The van der Waals surface area contributed by atoms with Gasteiger partial charge >= 0.3 is 0 Å². The molecule has 0 aromatic carbocycles. The van der Waals surface area contributed by atoms with Gasteiger partial charge in [-0.1, -0.05) is 25.3 Å². The lowest BCUT2D eigenvalue weighted by atomic mass is 9.80. The van der Waals surface area contributed by atoms with E-state index in [0.717, 1.165) is 13.1 Å². The third-order valence-electron chi connectivity index (χ3n) is 3.48. The van der Waals surface area contributed by atoms with Crippen LogP contribution in [0.5, 0.6) is 0 Å². The van der Waals surface area contributed by atoms with Crippen molar-refractivity contribution in [2.24, 2.45) is 0 Å². The molecule has 1 fully saturated rings. The van der Waals surface area contributed by atoms with Gasteiger partial charge in [-0.15, -0.1) is 6.58 Å². The van der Waals surface area contributed by atoms with Crippen molar-refractivity contribution in [3.8, 4) is 0 Å². The van der Waals surface area contributed by atoms with E-state index in [2.05, 4.69) is 30.9 Å². The van der Waals surface area contributed by atoms with Crippen molar-refractivity contribution >= 4 is 0 Å². The van der Waals surface area contributed by atoms with E-state index in [-0.39, 0.29) is 0 Å². The van der Waals surface area contributed by atoms with Gasteiger partial charge in [0.1, 0.15) is 0 Å². The Morgan fingerprint density at radius 3 is 2.43 bits per heavy atom. The molecule has 1 N–H and O–H groups in total. The fraction of sp³-hybridized carbons (Fsp3) is 0.833. The Kier molecular flexibility index (Phi) is 4.63. The van der Waals surface area contributed by atoms with Crippen LogP contribution in [0.3, 0.4) is 0 Å². The predicted molar refractivity (Wildman–Crippen MR) is 62.6 cm³/mol. The minimum Gasteiger partial charge on any atom is -0.311 e. The maximum atomic E-state index is 3.73. The minimum atomic E-state index is 0.404. The van der Waals surface area contributed by atoms with Gasteiger partial charge in [-0.25, -0.2) is 0 Å². The van der Waals surface area contributed by atoms with Gasteiger partial charge in [-0.2, -0.15) is 0 Å². The monoisotopic (exact) mass is 196 g/mol. The molecular formula is C12H24N2. The van der Waals surface area contributed by atoms with Crippen LogP contribution in [0, 0.1) is 0 Å². The number of nitrogens with one attached hydrogen (secondary N) is 1. The zero-order chi connectivity index (χ0) is 10.4. The third-order valence-corrected chi connectivity index (χ3v) is 3.48. The van der Waals surface area contributed by atoms with Crippen LogP contribution in [0.1, 0.15) is 32.1 Å². The molecule has 0 unspecified atom stereocenters. The van der Waals surface area contributed by atoms with E-state index in [1.54, 1.807) is 0 Å². The summed E-state index contributed by atoms with van der Waals surface area (Å²) in [6.45, 7) is 5.76. The Hall–Kier alpha value is -0.340. The summed E-state index contributed by atoms with van der Waals surface area (Å²) in [6.07, 6.45) is 8.79. The first kappa shape index (κ1) is 11.7. The highest BCUT2D eigenvalue weighted by Crippen LogP contribution is 2.31. The van der Waals surface area contributed by atoms with Gasteiger partial charge in [0.15, 0.2) is 0 Å². The molecule has 1 aliphatic rings. The summed E-state index contributed by atoms with van der Waals surface area (Å²) in [7, 11) is 4.42. The molecule has 0 spiro atoms. The van der Waals surface area contributed by atoms with Crippen LogP contribution in [0.15, 0.2) is 12.7 Å². The Bertz CT molecular complexity index is 169. The normalized spacial score (nSPS) is 21.1. The smallest absolute Gasteiger partial charge is 0.0327 e. The van der Waals surface area contributed by atoms with Crippen LogP contribution < -0.4 is 5.32 Å². The van der Waals surface area contributed by atoms with Crippen molar-refractivity contribution in [2.45, 2.75) is 37.6 Å². The zero-order valence-electron chi connectivity index (χ0n) is 9.68. The molecule has 14 heavy (non-hydrogen) atoms. The first-order chi connectivity index (χ1) is 6.71. The van der Waals surface area contributed by atoms with Crippen molar-refractivity contribution in [3.05, 3.63) is 12.7 Å². The molecule has 0 heterocycles. The van der Waals surface area contributed by atoms with Gasteiger partial charge in [0, 0.05) is 18.6 Å². The van der Waals surface area contributed by atoms with Gasteiger partial charge < -0.3 is 10.2 Å². The second kappa shape index (κ2) is 5.52. The molecule has 1 rings (SSSR count). The fourth-order valence-corrected chi connectivity index (χ4v) is 2.40. The third kappa shape index (κ3) is 2.82. The van der Waals surface area contributed by atoms with Crippen molar-refractivity contribution in [1.82, 2.24) is 10.2 Å². The Balaban J connectivity index is 2.47. The summed E-state index contributed by atoms with van der Waals surface area (Å²) in [4.78, 5) is 2.41. The zero-order valence-corrected chi connectivity index (χ0v) is 9.68. The summed E-state index contributed by atoms with van der Waals surface area (Å²) in [6, 6.07) is 0. The molecule has 0 aliphatic heterocycles. The molecule has 2 heteroatoms. The van der Waals surface area contributed by atoms with Crippen LogP contribution in [-0.4, -0.2) is 37.6 Å². The van der Waals surface area contributed by atoms with Gasteiger partial charge in [0.2, 0.25) is 0 Å². The minimum absolute atomic E-state index is 0.404. The van der Waals surface area contributed by atoms with E-state index < -0.39 is 0 Å². The molecule has 0 aromatic heterocycles. The molecule has 2 nitrogen and oxygen atoms in total. The number of nitrogens with zero attached hydrogens (tertiary/aromatic N) is 1. The predicted octanol–water partition coefficient (Wildman–Crippen LogP) is 2.03. The lowest BCUT2D eigenvalue weighted by molar-refractivity contribution is 0.0999. The molecule has 0 bridgehead atoms. The van der Waals surface area contributed by atoms with Gasteiger partial charge in [-0.05, 0) is 26.9 Å². The van der Waals surface area contributed by atoms with Crippen LogP contribution in [0.2, 0.25) is 0 Å². The molecule has 0 aromatic rings. The number of likely N-dealkylation sites (N-methyl/N-ethyl adjacent to an activating group) is 1. The molecular weight excluding hydrogens is 172 g/mol. The van der Waals surface area contributed by atoms with Crippen molar-refractivity contribution in [1.29, 1.82) is 0 Å². The van der Waals surface area contributed by atoms with Gasteiger partial charge in [0.05, 0.1) is 0 Å². The first-order valence-corrected chi connectivity index (χ1v) is 5.70. The quantitative estimate of drug-likeness (QED) is 0.534. The van der Waals surface area contributed by atoms with Crippen molar-refractivity contribution in [2.75, 3.05) is 27.2 Å². The van der Waals surface area contributed by atoms with E-state index in [0.29, 0.717) is 5.54 Å². The average Bonchev–Trinajstić information content (AvgIpc) is 2.19. The summed E-state index contributed by atoms with van der Waals surface area (Å²) in [5.41, 5.74) is 0.404. The van der Waals surface area contributed by atoms with E-state index in [9.17, 15) is 0 Å². The van der Waals surface area contributed by atoms with Crippen LogP contribution in [-0.2, 0) is 0 Å². The van der Waals surface area contributed by atoms with E-state index in [1.165, 1.54) is 32.1 Å². The molecule has 0 atom stereocenters. The summed E-state index contributed by atoms with van der Waals surface area (Å²) >= 11 is 0. The lowest BCUT2D eigenvalue weighted by Crippen LogP contribution is -2.52. The number of hydrogen-bond donors (Lipinski definition) is 1. The highest BCUT2D eigenvalue weighted by atomic mass is 15.2. The summed E-state index contributed by atoms with van der Waals surface area (Å²) < 4.78 is 0. The molecule has 1 aliphatic carbocycles. The first-order valence-electron chi connectivity index (χ1n) is 5.70. The fourth-order valence-electron chi connectivity index (χ4n) is 2.40. The molecule has 82 valence electrons. The summed E-state index contributed by atoms with van der Waals surface area (Å²) in [5, 5.41) is 3.47. The van der Waals surface area contributed by atoms with Crippen LogP contribution in [0.25, 0.3) is 0 Å². The number of hydrogen-bond acceptors (Lipinski definition) is 2. The summed E-state index contributed by atoms with van der Waals surface area (Å²) in [5.74, 6) is 0. The highest BCUT2D eigenvalue weighted by Gasteiger charge is 2.33. The van der Waals surface area contributed by atoms with Crippen LogP contribution >= 0.6 is 0 Å². The van der Waals surface area contributed by atoms with Crippen LogP contribution in [0.4, 0.5) is 0 Å². The molecule has 0 radical (unpaired) electrons.